The zero-order valence-electron chi connectivity index (χ0n) is 12.2. The predicted octanol–water partition coefficient (Wildman–Crippen LogP) is 2.86. The van der Waals surface area contributed by atoms with Crippen LogP contribution in [-0.2, 0) is 0 Å². The van der Waals surface area contributed by atoms with Crippen LogP contribution in [0.2, 0.25) is 0 Å². The van der Waals surface area contributed by atoms with Gasteiger partial charge < -0.3 is 14.2 Å². The van der Waals surface area contributed by atoms with Crippen molar-refractivity contribution in [2.24, 2.45) is 0 Å². The third kappa shape index (κ3) is 3.34. The minimum atomic E-state index is -0.102. The lowest BCUT2D eigenvalue weighted by Crippen LogP contribution is -2.10. The highest BCUT2D eigenvalue weighted by Crippen LogP contribution is 2.36. The molecule has 0 aromatic heterocycles. The lowest BCUT2D eigenvalue weighted by Gasteiger charge is -2.15. The molecule has 0 aliphatic rings. The molecule has 0 aliphatic carbocycles. The van der Waals surface area contributed by atoms with Crippen LogP contribution in [0.25, 0.3) is 0 Å². The van der Waals surface area contributed by atoms with Crippen LogP contribution in [0.4, 0.5) is 0 Å². The molecule has 2 rings (SSSR count). The van der Waals surface area contributed by atoms with Crippen LogP contribution in [0.1, 0.15) is 10.4 Å². The van der Waals surface area contributed by atoms with Crippen molar-refractivity contribution in [1.29, 1.82) is 0 Å². The summed E-state index contributed by atoms with van der Waals surface area (Å²) in [5, 5.41) is 0.716. The Kier molecular flexibility index (Phi) is 5.18. The summed E-state index contributed by atoms with van der Waals surface area (Å²) >= 11 is 0. The molecule has 110 valence electrons. The van der Waals surface area contributed by atoms with Gasteiger partial charge in [-0.3, -0.25) is 4.79 Å². The number of rotatable bonds is 6. The maximum Gasteiger partial charge on any atom is 0.185 e. The second-order valence-electron chi connectivity index (χ2n) is 4.20. The molecule has 0 amide bonds. The quantitative estimate of drug-likeness (QED) is 0.770. The van der Waals surface area contributed by atoms with E-state index in [-0.39, 0.29) is 14.1 Å². The van der Waals surface area contributed by atoms with E-state index in [4.69, 9.17) is 14.2 Å². The molecule has 1 atom stereocenters. The van der Waals surface area contributed by atoms with Gasteiger partial charge >= 0.3 is 0 Å². The van der Waals surface area contributed by atoms with Gasteiger partial charge in [-0.15, -0.1) is 0 Å². The van der Waals surface area contributed by atoms with Crippen molar-refractivity contribution in [3.63, 3.8) is 0 Å². The average Bonchev–Trinajstić information content (AvgIpc) is 2.55. The molecule has 0 bridgehead atoms. The topological polar surface area (TPSA) is 44.8 Å². The standard InChI is InChI=1S/C16H17O4P/c1-18-12-9-10-13(19-2)15(14(12)20-3)21-16(17)11-7-5-4-6-8-11/h4-10,21H,1-3H3. The Morgan fingerprint density at radius 3 is 2.05 bits per heavy atom. The Bertz CT molecular complexity index is 626. The largest absolute Gasteiger partial charge is 0.496 e. The normalized spacial score (nSPS) is 10.6. The van der Waals surface area contributed by atoms with Crippen molar-refractivity contribution in [2.75, 3.05) is 21.3 Å². The van der Waals surface area contributed by atoms with Crippen LogP contribution >= 0.6 is 8.58 Å². The maximum atomic E-state index is 12.4. The molecule has 1 unspecified atom stereocenters. The number of benzene rings is 2. The smallest absolute Gasteiger partial charge is 0.185 e. The first-order valence-corrected chi connectivity index (χ1v) is 7.36. The fourth-order valence-corrected chi connectivity index (χ4v) is 3.16. The summed E-state index contributed by atoms with van der Waals surface area (Å²) in [5.41, 5.74) is 0.697. The Labute approximate surface area is 125 Å². The summed E-state index contributed by atoms with van der Waals surface area (Å²) in [6.45, 7) is 0. The summed E-state index contributed by atoms with van der Waals surface area (Å²) in [4.78, 5) is 12.4. The summed E-state index contributed by atoms with van der Waals surface area (Å²) in [5.74, 6) is 1.75. The number of hydrogen-bond donors (Lipinski definition) is 0. The average molecular weight is 304 g/mol. The second kappa shape index (κ2) is 7.09. The highest BCUT2D eigenvalue weighted by atomic mass is 31.1. The van der Waals surface area contributed by atoms with E-state index in [1.54, 1.807) is 45.6 Å². The van der Waals surface area contributed by atoms with Crippen molar-refractivity contribution in [2.45, 2.75) is 0 Å². The van der Waals surface area contributed by atoms with Crippen LogP contribution in [0, 0.1) is 0 Å². The Balaban J connectivity index is 2.40. The number of methoxy groups -OCH3 is 3. The van der Waals surface area contributed by atoms with E-state index < -0.39 is 0 Å². The van der Waals surface area contributed by atoms with Crippen LogP contribution in [0.3, 0.4) is 0 Å². The van der Waals surface area contributed by atoms with Gasteiger partial charge in [0.1, 0.15) is 5.75 Å². The molecule has 21 heavy (non-hydrogen) atoms. The van der Waals surface area contributed by atoms with Crippen molar-refractivity contribution >= 4 is 19.4 Å². The molecule has 0 N–H and O–H groups in total. The fraction of sp³-hybridized carbons (Fsp3) is 0.188. The molecule has 0 heterocycles. The minimum Gasteiger partial charge on any atom is -0.496 e. The Morgan fingerprint density at radius 1 is 0.857 bits per heavy atom. The molecular weight excluding hydrogens is 287 g/mol. The molecule has 5 heteroatoms. The molecule has 4 nitrogen and oxygen atoms in total. The minimum absolute atomic E-state index is 0.0282. The highest BCUT2D eigenvalue weighted by Gasteiger charge is 2.19. The fourth-order valence-electron chi connectivity index (χ4n) is 1.97. The second-order valence-corrected chi connectivity index (χ2v) is 5.40. The van der Waals surface area contributed by atoms with Gasteiger partial charge in [0.05, 0.1) is 26.6 Å². The number of carbonyl (C=O) groups excluding carboxylic acids is 1. The highest BCUT2D eigenvalue weighted by molar-refractivity contribution is 7.66. The molecular formula is C16H17O4P. The summed E-state index contributed by atoms with van der Waals surface area (Å²) in [6, 6.07) is 12.7. The number of hydrogen-bond acceptors (Lipinski definition) is 4. The van der Waals surface area contributed by atoms with Gasteiger partial charge in [-0.05, 0) is 20.7 Å². The van der Waals surface area contributed by atoms with Crippen molar-refractivity contribution in [3.8, 4) is 17.2 Å². The van der Waals surface area contributed by atoms with Gasteiger partial charge in [-0.1, -0.05) is 30.3 Å². The molecule has 2 aromatic carbocycles. The molecule has 0 spiro atoms. The Morgan fingerprint density at radius 2 is 1.48 bits per heavy atom. The molecule has 0 aliphatic heterocycles. The summed E-state index contributed by atoms with van der Waals surface area (Å²) in [7, 11) is 4.59. The van der Waals surface area contributed by atoms with Crippen LogP contribution < -0.4 is 19.5 Å². The van der Waals surface area contributed by atoms with Crippen LogP contribution in [0.5, 0.6) is 17.2 Å². The van der Waals surface area contributed by atoms with Crippen molar-refractivity contribution in [1.82, 2.24) is 0 Å². The molecule has 0 radical (unpaired) electrons. The zero-order valence-corrected chi connectivity index (χ0v) is 13.2. The van der Waals surface area contributed by atoms with Crippen molar-refractivity contribution in [3.05, 3.63) is 48.0 Å². The lowest BCUT2D eigenvalue weighted by atomic mass is 10.2. The number of ether oxygens (including phenoxy) is 3. The first-order chi connectivity index (χ1) is 10.2. The van der Waals surface area contributed by atoms with E-state index >= 15 is 0 Å². The number of carbonyl (C=O) groups is 1. The van der Waals surface area contributed by atoms with Crippen LogP contribution in [-0.4, -0.2) is 26.9 Å². The van der Waals surface area contributed by atoms with Gasteiger partial charge in [-0.25, -0.2) is 0 Å². The predicted molar refractivity (Wildman–Crippen MR) is 84.8 cm³/mol. The molecule has 0 fully saturated rings. The van der Waals surface area contributed by atoms with E-state index in [0.29, 0.717) is 28.1 Å². The maximum absolute atomic E-state index is 12.4. The third-order valence-electron chi connectivity index (χ3n) is 3.00. The molecule has 2 aromatic rings. The third-order valence-corrected chi connectivity index (χ3v) is 4.24. The van der Waals surface area contributed by atoms with Crippen LogP contribution in [0.15, 0.2) is 42.5 Å². The summed E-state index contributed by atoms with van der Waals surface area (Å²) < 4.78 is 16.0. The van der Waals surface area contributed by atoms with E-state index in [0.717, 1.165) is 0 Å². The summed E-state index contributed by atoms with van der Waals surface area (Å²) in [6.07, 6.45) is 0. The van der Waals surface area contributed by atoms with E-state index in [1.807, 2.05) is 18.2 Å². The van der Waals surface area contributed by atoms with E-state index in [9.17, 15) is 4.79 Å². The van der Waals surface area contributed by atoms with Gasteiger partial charge in [0.15, 0.2) is 17.0 Å². The lowest BCUT2D eigenvalue weighted by molar-refractivity contribution is 0.108. The molecule has 0 saturated heterocycles. The van der Waals surface area contributed by atoms with E-state index in [2.05, 4.69) is 0 Å². The Hall–Kier alpha value is -2.06. The SMILES string of the molecule is COc1ccc(OC)c(PC(=O)c2ccccc2)c1OC. The monoisotopic (exact) mass is 304 g/mol. The first-order valence-electron chi connectivity index (χ1n) is 6.36. The zero-order chi connectivity index (χ0) is 15.2. The van der Waals surface area contributed by atoms with Gasteiger partial charge in [-0.2, -0.15) is 0 Å². The van der Waals surface area contributed by atoms with Gasteiger partial charge in [0.2, 0.25) is 0 Å². The first kappa shape index (κ1) is 15.3. The van der Waals surface area contributed by atoms with Crippen molar-refractivity contribution < 1.29 is 19.0 Å². The molecule has 0 saturated carbocycles. The van der Waals surface area contributed by atoms with E-state index in [1.165, 1.54) is 0 Å². The van der Waals surface area contributed by atoms with Gasteiger partial charge in [0, 0.05) is 5.56 Å². The van der Waals surface area contributed by atoms with Gasteiger partial charge in [0.25, 0.3) is 0 Å².